The molecule has 5 rings (SSSR count). The maximum atomic E-state index is 4.78. The third-order valence-corrected chi connectivity index (χ3v) is 4.77. The largest absolute Gasteiger partial charge is 2.00 e. The summed E-state index contributed by atoms with van der Waals surface area (Å²) in [7, 11) is 0. The van der Waals surface area contributed by atoms with Crippen LogP contribution in [-0.2, 0) is 0 Å². The van der Waals surface area contributed by atoms with E-state index in [1.165, 1.54) is 10.8 Å². The van der Waals surface area contributed by atoms with Crippen molar-refractivity contribution < 1.29 is 31.1 Å². The predicted molar refractivity (Wildman–Crippen MR) is 116 cm³/mol. The Bertz CT molecular complexity index is 1350. The molecule has 2 aromatic heterocycles. The van der Waals surface area contributed by atoms with Crippen molar-refractivity contribution in [2.75, 3.05) is 0 Å². The molecule has 30 heavy (non-hydrogen) atoms. The maximum Gasteiger partial charge on any atom is 2.00 e. The van der Waals surface area contributed by atoms with Gasteiger partial charge in [0.2, 0.25) is 0 Å². The molecule has 5 aromatic rings. The molecular weight excluding hydrogens is 594 g/mol. The summed E-state index contributed by atoms with van der Waals surface area (Å²) in [5.74, 6) is 0.665. The predicted octanol–water partition coefficient (Wildman–Crippen LogP) is 5.58. The minimum absolute atomic E-state index is 0. The summed E-state index contributed by atoms with van der Waals surface area (Å²) in [5.41, 5.74) is 4.12. The molecule has 0 radical (unpaired) electrons. The topological polar surface area (TPSA) is 51.0 Å². The summed E-state index contributed by atoms with van der Waals surface area (Å²) in [4.78, 5) is 18.2. The number of hydrogen-bond acceptors (Lipinski definition) is 4. The molecule has 0 atom stereocenters. The van der Waals surface area contributed by atoms with Gasteiger partial charge < -0.3 is 4.99 Å². The van der Waals surface area contributed by atoms with E-state index in [0.717, 1.165) is 27.8 Å². The van der Waals surface area contributed by atoms with Crippen molar-refractivity contribution in [1.82, 2.24) is 15.0 Å². The van der Waals surface area contributed by atoms with Gasteiger partial charge in [0.1, 0.15) is 0 Å². The van der Waals surface area contributed by atoms with Crippen LogP contribution in [0.3, 0.4) is 0 Å². The van der Waals surface area contributed by atoms with Crippen molar-refractivity contribution in [3.8, 4) is 11.4 Å². The zero-order valence-electron chi connectivity index (χ0n) is 16.3. The second-order valence-electron chi connectivity index (χ2n) is 6.72. The Kier molecular flexibility index (Phi) is 6.03. The molecule has 0 amide bonds. The fraction of sp³-hybridized carbons (Fsp3) is 0.0400. The van der Waals surface area contributed by atoms with Crippen LogP contribution >= 0.6 is 0 Å². The van der Waals surface area contributed by atoms with Crippen LogP contribution in [-0.4, -0.2) is 21.2 Å². The number of aryl methyl sites for hydroxylation is 1. The molecule has 0 aliphatic carbocycles. The summed E-state index contributed by atoms with van der Waals surface area (Å²) in [6.07, 6.45) is 4.70. The molecule has 5 heteroatoms. The zero-order valence-corrected chi connectivity index (χ0v) is 20.5. The molecule has 0 saturated heterocycles. The molecule has 0 saturated carbocycles. The van der Waals surface area contributed by atoms with Gasteiger partial charge in [-0.3, -0.25) is 4.98 Å². The average Bonchev–Trinajstić information content (AvgIpc) is 2.78. The van der Waals surface area contributed by atoms with Gasteiger partial charge in [-0.2, -0.15) is 23.9 Å². The van der Waals surface area contributed by atoms with Crippen molar-refractivity contribution in [1.29, 1.82) is 0 Å². The van der Waals surface area contributed by atoms with Crippen LogP contribution in [0.2, 0.25) is 0 Å². The number of fused-ring (bicyclic) bond motifs is 3. The van der Waals surface area contributed by atoms with Gasteiger partial charge in [0.15, 0.2) is 5.82 Å². The Morgan fingerprint density at radius 1 is 0.900 bits per heavy atom. The van der Waals surface area contributed by atoms with Crippen LogP contribution in [0.1, 0.15) is 11.4 Å². The van der Waals surface area contributed by atoms with Crippen molar-refractivity contribution in [3.63, 3.8) is 0 Å². The standard InChI is InChI=1S/C25H16N4.U/c1-17-24-22-10-6-5-7-18(22)12-14-23(24)29-25(28-17)19-11-13-21(26-15-19)16-27-20-8-3-2-4-9-20;/h2-8,10-15H,1H3;/q-2;+2. The van der Waals surface area contributed by atoms with Crippen molar-refractivity contribution in [2.24, 2.45) is 4.99 Å². The van der Waals surface area contributed by atoms with E-state index in [2.05, 4.69) is 46.5 Å². The third-order valence-electron chi connectivity index (χ3n) is 4.77. The van der Waals surface area contributed by atoms with E-state index in [0.29, 0.717) is 11.5 Å². The number of aliphatic imine (C=N–C) groups is 1. The van der Waals surface area contributed by atoms with Crippen LogP contribution < -0.4 is 0 Å². The number of aromatic nitrogens is 3. The molecule has 3 aromatic carbocycles. The summed E-state index contributed by atoms with van der Waals surface area (Å²) in [6.45, 7) is 2.03. The van der Waals surface area contributed by atoms with Gasteiger partial charge in [-0.15, -0.1) is 12.1 Å². The number of hydrogen-bond donors (Lipinski definition) is 0. The first-order chi connectivity index (χ1) is 14.3. The van der Waals surface area contributed by atoms with E-state index in [1.807, 2.05) is 55.5 Å². The number of para-hydroxylation sites is 1. The molecule has 0 unspecified atom stereocenters. The molecule has 2 heterocycles. The van der Waals surface area contributed by atoms with E-state index in [-0.39, 0.29) is 31.1 Å². The summed E-state index contributed by atoms with van der Waals surface area (Å²) < 4.78 is 0. The summed E-state index contributed by atoms with van der Waals surface area (Å²) in [5, 5.41) is 3.46. The second kappa shape index (κ2) is 8.87. The quantitative estimate of drug-likeness (QED) is 0.152. The first kappa shape index (κ1) is 20.4. The van der Waals surface area contributed by atoms with Crippen molar-refractivity contribution in [3.05, 3.63) is 96.4 Å². The van der Waals surface area contributed by atoms with Gasteiger partial charge in [0.25, 0.3) is 0 Å². The van der Waals surface area contributed by atoms with Gasteiger partial charge >= 0.3 is 31.1 Å². The molecule has 0 aliphatic heterocycles. The Morgan fingerprint density at radius 2 is 1.77 bits per heavy atom. The molecule has 0 bridgehead atoms. The van der Waals surface area contributed by atoms with Crippen molar-refractivity contribution >= 4 is 33.6 Å². The van der Waals surface area contributed by atoms with E-state index in [9.17, 15) is 0 Å². The summed E-state index contributed by atoms with van der Waals surface area (Å²) in [6, 6.07) is 26.8. The molecule has 0 spiro atoms. The van der Waals surface area contributed by atoms with Gasteiger partial charge in [0.05, 0.1) is 5.52 Å². The molecular formula is C25H16N4U. The van der Waals surface area contributed by atoms with Gasteiger partial charge in [0, 0.05) is 22.8 Å². The number of nitrogens with zero attached hydrogens (tertiary/aromatic N) is 4. The number of pyridine rings is 1. The molecule has 0 N–H and O–H groups in total. The van der Waals surface area contributed by atoms with Crippen LogP contribution in [0.15, 0.2) is 84.0 Å². The Hall–Kier alpha value is -2.87. The SMILES string of the molecule is Cc1nc(-c2ccc([C-]=Nc3[c-]cccc3)nc2)nc2ccc3ccccc3c12.[U+2]. The molecule has 0 fully saturated rings. The maximum absolute atomic E-state index is 4.78. The van der Waals surface area contributed by atoms with Crippen LogP contribution in [0.4, 0.5) is 5.69 Å². The first-order valence-electron chi connectivity index (χ1n) is 9.34. The zero-order chi connectivity index (χ0) is 19.6. The van der Waals surface area contributed by atoms with Crippen molar-refractivity contribution in [2.45, 2.75) is 6.92 Å². The Morgan fingerprint density at radius 3 is 2.57 bits per heavy atom. The third kappa shape index (κ3) is 4.05. The van der Waals surface area contributed by atoms with E-state index in [1.54, 1.807) is 6.20 Å². The fourth-order valence-corrected chi connectivity index (χ4v) is 3.38. The van der Waals surface area contributed by atoms with E-state index >= 15 is 0 Å². The average molecular weight is 610 g/mol. The van der Waals surface area contributed by atoms with Crippen LogP contribution in [0.5, 0.6) is 0 Å². The fourth-order valence-electron chi connectivity index (χ4n) is 3.38. The van der Waals surface area contributed by atoms with Gasteiger partial charge in [-0.25, -0.2) is 22.1 Å². The monoisotopic (exact) mass is 610 g/mol. The van der Waals surface area contributed by atoms with Gasteiger partial charge in [-0.1, -0.05) is 36.5 Å². The first-order valence-corrected chi connectivity index (χ1v) is 9.34. The van der Waals surface area contributed by atoms with Crippen LogP contribution in [0, 0.1) is 44.1 Å². The molecule has 4 nitrogen and oxygen atoms in total. The Labute approximate surface area is 198 Å². The van der Waals surface area contributed by atoms with Crippen LogP contribution in [0.25, 0.3) is 33.1 Å². The minimum Gasteiger partial charge on any atom is -0.410 e. The summed E-state index contributed by atoms with van der Waals surface area (Å²) >= 11 is 0. The minimum atomic E-state index is 0. The number of rotatable bonds is 3. The molecule has 140 valence electrons. The Balaban J connectivity index is 0.00000218. The number of benzene rings is 3. The molecule has 0 aliphatic rings. The second-order valence-corrected chi connectivity index (χ2v) is 6.72. The van der Waals surface area contributed by atoms with Gasteiger partial charge in [-0.05, 0) is 29.5 Å². The normalized spacial score (nSPS) is 11.1. The van der Waals surface area contributed by atoms with E-state index < -0.39 is 0 Å². The van der Waals surface area contributed by atoms with E-state index in [4.69, 9.17) is 9.97 Å². The smallest absolute Gasteiger partial charge is 0.410 e.